The third-order valence-corrected chi connectivity index (χ3v) is 6.93. The van der Waals surface area contributed by atoms with Gasteiger partial charge >= 0.3 is 0 Å². The number of hydrogen-bond acceptors (Lipinski definition) is 7. The lowest BCUT2D eigenvalue weighted by Crippen LogP contribution is -2.26. The van der Waals surface area contributed by atoms with Crippen molar-refractivity contribution in [2.45, 2.75) is 31.9 Å². The van der Waals surface area contributed by atoms with Gasteiger partial charge in [0, 0.05) is 34.7 Å². The second kappa shape index (κ2) is 5.78. The molecule has 2 N–H and O–H groups in total. The summed E-state index contributed by atoms with van der Waals surface area (Å²) < 4.78 is 4.73. The van der Waals surface area contributed by atoms with Crippen LogP contribution >= 0.6 is 34.6 Å². The molecule has 1 aliphatic heterocycles. The summed E-state index contributed by atoms with van der Waals surface area (Å²) in [5, 5.41) is 4.24. The summed E-state index contributed by atoms with van der Waals surface area (Å²) in [6.07, 6.45) is 1.17. The van der Waals surface area contributed by atoms with Gasteiger partial charge in [0.15, 0.2) is 0 Å². The molecule has 0 unspecified atom stereocenters. The van der Waals surface area contributed by atoms with Gasteiger partial charge in [-0.15, -0.1) is 11.3 Å². The molecule has 3 rings (SSSR count). The first-order valence-corrected chi connectivity index (χ1v) is 9.67. The fraction of sp³-hybridized carbons (Fsp3) is 0.571. The maximum atomic E-state index is 6.12. The van der Waals surface area contributed by atoms with Gasteiger partial charge in [-0.25, -0.2) is 4.98 Å². The van der Waals surface area contributed by atoms with E-state index in [1.165, 1.54) is 23.0 Å². The van der Waals surface area contributed by atoms with E-state index in [2.05, 4.69) is 45.2 Å². The number of aryl methyl sites for hydroxylation is 1. The van der Waals surface area contributed by atoms with Crippen LogP contribution in [0.3, 0.4) is 0 Å². The molecule has 0 atom stereocenters. The smallest absolute Gasteiger partial charge is 0.149 e. The predicted octanol–water partition coefficient (Wildman–Crippen LogP) is 3.88. The Balaban J connectivity index is 1.93. The Bertz CT molecular complexity index is 632. The van der Waals surface area contributed by atoms with Crippen LogP contribution in [0.5, 0.6) is 0 Å². The Morgan fingerprint density at radius 1 is 1.33 bits per heavy atom. The van der Waals surface area contributed by atoms with Crippen LogP contribution in [0.4, 0.5) is 10.8 Å². The van der Waals surface area contributed by atoms with Gasteiger partial charge in [-0.05, 0) is 24.9 Å². The summed E-state index contributed by atoms with van der Waals surface area (Å²) in [7, 11) is 0. The van der Waals surface area contributed by atoms with E-state index in [0.29, 0.717) is 10.6 Å². The molecule has 0 saturated carbocycles. The maximum Gasteiger partial charge on any atom is 0.149 e. The number of thioether (sulfide) groups is 1. The molecule has 7 heteroatoms. The molecule has 1 saturated heterocycles. The van der Waals surface area contributed by atoms with Crippen molar-refractivity contribution in [3.05, 3.63) is 11.1 Å². The number of hydrogen-bond donors (Lipinski definition) is 1. The minimum absolute atomic E-state index is 0.350. The van der Waals surface area contributed by atoms with Crippen molar-refractivity contribution >= 4 is 45.5 Å². The van der Waals surface area contributed by atoms with Crippen LogP contribution in [0.2, 0.25) is 0 Å². The Morgan fingerprint density at radius 3 is 2.86 bits per heavy atom. The average Bonchev–Trinajstić information content (AvgIpc) is 2.94. The van der Waals surface area contributed by atoms with Crippen molar-refractivity contribution in [3.63, 3.8) is 0 Å². The van der Waals surface area contributed by atoms with Gasteiger partial charge in [0.1, 0.15) is 15.8 Å². The van der Waals surface area contributed by atoms with Crippen molar-refractivity contribution in [1.29, 1.82) is 0 Å². The van der Waals surface area contributed by atoms with Gasteiger partial charge < -0.3 is 10.6 Å². The molecule has 1 fully saturated rings. The first kappa shape index (κ1) is 15.1. The van der Waals surface area contributed by atoms with Crippen molar-refractivity contribution in [1.82, 2.24) is 9.36 Å². The highest BCUT2D eigenvalue weighted by Crippen LogP contribution is 2.42. The summed E-state index contributed by atoms with van der Waals surface area (Å²) in [4.78, 5) is 7.03. The maximum absolute atomic E-state index is 6.12. The quantitative estimate of drug-likeness (QED) is 0.899. The second-order valence-electron chi connectivity index (χ2n) is 5.89. The number of nitrogen functional groups attached to an aromatic ring is 1. The molecule has 1 aliphatic rings. The third kappa shape index (κ3) is 3.19. The molecule has 0 amide bonds. The van der Waals surface area contributed by atoms with E-state index in [-0.39, 0.29) is 0 Å². The third-order valence-electron chi connectivity index (χ3n) is 3.66. The molecular weight excluding hydrogens is 320 g/mol. The highest BCUT2D eigenvalue weighted by molar-refractivity contribution is 8.00. The standard InChI is InChI=1S/C14H20N4S3/c1-9-8-19-12(16-9)10-11(15)17-21-13(10)18-5-4-14(2,3)20-7-6-18/h8H,4-7H2,1-3H3,(H2,15,17). The van der Waals surface area contributed by atoms with Crippen molar-refractivity contribution < 1.29 is 0 Å². The van der Waals surface area contributed by atoms with Crippen LogP contribution in [0.25, 0.3) is 10.6 Å². The van der Waals surface area contributed by atoms with Crippen molar-refractivity contribution in [2.75, 3.05) is 29.5 Å². The summed E-state index contributed by atoms with van der Waals surface area (Å²) in [6, 6.07) is 0. The first-order valence-electron chi connectivity index (χ1n) is 7.03. The highest BCUT2D eigenvalue weighted by atomic mass is 32.2. The number of nitrogens with two attached hydrogens (primary N) is 1. The molecular formula is C14H20N4S3. The fourth-order valence-electron chi connectivity index (χ4n) is 2.40. The summed E-state index contributed by atoms with van der Waals surface area (Å²) in [6.45, 7) is 8.77. The zero-order chi connectivity index (χ0) is 15.0. The van der Waals surface area contributed by atoms with E-state index in [4.69, 9.17) is 5.73 Å². The predicted molar refractivity (Wildman–Crippen MR) is 95.7 cm³/mol. The normalized spacial score (nSPS) is 18.7. The fourth-order valence-corrected chi connectivity index (χ4v) is 5.28. The van der Waals surface area contributed by atoms with Gasteiger partial charge in [-0.3, -0.25) is 0 Å². The number of rotatable bonds is 2. The van der Waals surface area contributed by atoms with E-state index in [9.17, 15) is 0 Å². The van der Waals surface area contributed by atoms with Crippen LogP contribution < -0.4 is 10.6 Å². The zero-order valence-electron chi connectivity index (χ0n) is 12.5. The molecule has 3 heterocycles. The molecule has 0 bridgehead atoms. The van der Waals surface area contributed by atoms with Crippen molar-refractivity contribution in [2.24, 2.45) is 0 Å². The summed E-state index contributed by atoms with van der Waals surface area (Å²) in [5.41, 5.74) is 8.19. The van der Waals surface area contributed by atoms with Crippen LogP contribution in [0, 0.1) is 6.92 Å². The number of anilines is 2. The minimum atomic E-state index is 0.350. The lowest BCUT2D eigenvalue weighted by Gasteiger charge is -2.23. The molecule has 0 spiro atoms. The SMILES string of the molecule is Cc1csc(-c2c(N)nsc2N2CCSC(C)(C)CC2)n1. The zero-order valence-corrected chi connectivity index (χ0v) is 15.0. The van der Waals surface area contributed by atoms with Crippen LogP contribution in [0.15, 0.2) is 5.38 Å². The van der Waals surface area contributed by atoms with Gasteiger partial charge in [-0.2, -0.15) is 16.1 Å². The average molecular weight is 341 g/mol. The number of thiazole rings is 1. The minimum Gasteiger partial charge on any atom is -0.382 e. The Kier molecular flexibility index (Phi) is 4.16. The van der Waals surface area contributed by atoms with Crippen molar-refractivity contribution in [3.8, 4) is 10.6 Å². The van der Waals surface area contributed by atoms with E-state index in [1.54, 1.807) is 11.3 Å². The van der Waals surface area contributed by atoms with E-state index in [1.807, 2.05) is 6.92 Å². The molecule has 0 aromatic carbocycles. The first-order chi connectivity index (χ1) is 9.96. The highest BCUT2D eigenvalue weighted by Gasteiger charge is 2.27. The Hall–Kier alpha value is -0.790. The van der Waals surface area contributed by atoms with Crippen LogP contribution in [-0.4, -0.2) is 32.9 Å². The molecule has 0 radical (unpaired) electrons. The summed E-state index contributed by atoms with van der Waals surface area (Å²) in [5.74, 6) is 1.75. The number of nitrogens with zero attached hydrogens (tertiary/aromatic N) is 3. The van der Waals surface area contributed by atoms with Gasteiger partial charge in [0.25, 0.3) is 0 Å². The van der Waals surface area contributed by atoms with E-state index >= 15 is 0 Å². The lowest BCUT2D eigenvalue weighted by molar-refractivity contribution is 0.639. The van der Waals surface area contributed by atoms with E-state index < -0.39 is 0 Å². The molecule has 4 nitrogen and oxygen atoms in total. The van der Waals surface area contributed by atoms with Crippen LogP contribution in [0.1, 0.15) is 26.0 Å². The summed E-state index contributed by atoms with van der Waals surface area (Å²) >= 11 is 5.20. The molecule has 2 aromatic heterocycles. The van der Waals surface area contributed by atoms with Crippen LogP contribution in [-0.2, 0) is 0 Å². The van der Waals surface area contributed by atoms with Gasteiger partial charge in [0.2, 0.25) is 0 Å². The largest absolute Gasteiger partial charge is 0.382 e. The second-order valence-corrected chi connectivity index (χ2v) is 9.30. The number of aromatic nitrogens is 2. The Morgan fingerprint density at radius 2 is 2.14 bits per heavy atom. The monoisotopic (exact) mass is 340 g/mol. The molecule has 0 aliphatic carbocycles. The van der Waals surface area contributed by atoms with Gasteiger partial charge in [0.05, 0.1) is 5.56 Å². The van der Waals surface area contributed by atoms with E-state index in [0.717, 1.165) is 35.1 Å². The molecule has 114 valence electrons. The molecule has 2 aromatic rings. The Labute approximate surface area is 137 Å². The van der Waals surface area contributed by atoms with Gasteiger partial charge in [-0.1, -0.05) is 13.8 Å². The lowest BCUT2D eigenvalue weighted by atomic mass is 10.1. The topological polar surface area (TPSA) is 55.0 Å². The molecule has 21 heavy (non-hydrogen) atoms.